The smallest absolute Gasteiger partial charge is 0.333 e. The minimum Gasteiger partial charge on any atom is -0.459 e. The summed E-state index contributed by atoms with van der Waals surface area (Å²) in [5, 5.41) is 0. The Morgan fingerprint density at radius 2 is 2.25 bits per heavy atom. The van der Waals surface area contributed by atoms with Crippen molar-refractivity contribution in [1.82, 2.24) is 0 Å². The largest absolute Gasteiger partial charge is 0.459 e. The minimum atomic E-state index is -0.316. The summed E-state index contributed by atoms with van der Waals surface area (Å²) >= 11 is 0. The molecule has 0 heterocycles. The summed E-state index contributed by atoms with van der Waals surface area (Å²) in [6.07, 6.45) is 3.21. The van der Waals surface area contributed by atoms with E-state index in [-0.39, 0.29) is 12.1 Å². The third-order valence-corrected chi connectivity index (χ3v) is 1.51. The SMILES string of the molecule is C=CC[C@H](CC)OC(=O)C(=C)C. The maximum absolute atomic E-state index is 11.0. The van der Waals surface area contributed by atoms with Crippen LogP contribution in [0.5, 0.6) is 0 Å². The van der Waals surface area contributed by atoms with E-state index in [2.05, 4.69) is 13.2 Å². The fraction of sp³-hybridized carbons (Fsp3) is 0.500. The zero-order chi connectivity index (χ0) is 9.56. The fourth-order valence-electron chi connectivity index (χ4n) is 0.736. The number of rotatable bonds is 5. The van der Waals surface area contributed by atoms with Crippen molar-refractivity contribution in [1.29, 1.82) is 0 Å². The molecule has 2 heteroatoms. The van der Waals surface area contributed by atoms with E-state index < -0.39 is 0 Å². The Bertz CT molecular complexity index is 182. The molecule has 0 bridgehead atoms. The van der Waals surface area contributed by atoms with Crippen LogP contribution in [0.15, 0.2) is 24.8 Å². The number of esters is 1. The molecule has 0 aromatic carbocycles. The van der Waals surface area contributed by atoms with Gasteiger partial charge in [-0.3, -0.25) is 0 Å². The van der Waals surface area contributed by atoms with Gasteiger partial charge < -0.3 is 4.74 Å². The zero-order valence-electron chi connectivity index (χ0n) is 7.80. The highest BCUT2D eigenvalue weighted by molar-refractivity contribution is 5.87. The lowest BCUT2D eigenvalue weighted by atomic mass is 10.2. The Morgan fingerprint density at radius 3 is 2.58 bits per heavy atom. The minimum absolute atomic E-state index is 0.0494. The first-order valence-corrected chi connectivity index (χ1v) is 4.09. The Kier molecular flexibility index (Phi) is 5.09. The van der Waals surface area contributed by atoms with E-state index >= 15 is 0 Å². The van der Waals surface area contributed by atoms with E-state index in [0.29, 0.717) is 12.0 Å². The van der Waals surface area contributed by atoms with Gasteiger partial charge >= 0.3 is 5.97 Å². The molecular formula is C10H16O2. The molecule has 0 saturated heterocycles. The molecule has 12 heavy (non-hydrogen) atoms. The van der Waals surface area contributed by atoms with Crippen LogP contribution < -0.4 is 0 Å². The van der Waals surface area contributed by atoms with Crippen LogP contribution in [0.1, 0.15) is 26.7 Å². The molecule has 1 atom stereocenters. The number of hydrogen-bond acceptors (Lipinski definition) is 2. The van der Waals surface area contributed by atoms with E-state index in [4.69, 9.17) is 4.74 Å². The van der Waals surface area contributed by atoms with Crippen molar-refractivity contribution in [2.45, 2.75) is 32.8 Å². The molecule has 0 aromatic rings. The van der Waals surface area contributed by atoms with E-state index in [1.807, 2.05) is 6.92 Å². The first-order valence-electron chi connectivity index (χ1n) is 4.09. The van der Waals surface area contributed by atoms with Gasteiger partial charge in [0.1, 0.15) is 6.10 Å². The highest BCUT2D eigenvalue weighted by atomic mass is 16.5. The Hall–Kier alpha value is -1.05. The van der Waals surface area contributed by atoms with Gasteiger partial charge in [-0.1, -0.05) is 19.6 Å². The van der Waals surface area contributed by atoms with Crippen LogP contribution in [0.3, 0.4) is 0 Å². The van der Waals surface area contributed by atoms with Gasteiger partial charge in [0.05, 0.1) is 0 Å². The molecule has 0 saturated carbocycles. The van der Waals surface area contributed by atoms with Gasteiger partial charge in [0.15, 0.2) is 0 Å². The molecule has 68 valence electrons. The van der Waals surface area contributed by atoms with Gasteiger partial charge in [-0.15, -0.1) is 6.58 Å². The molecule has 0 spiro atoms. The first kappa shape index (κ1) is 11.0. The molecule has 0 unspecified atom stereocenters. The Balaban J connectivity index is 3.93. The van der Waals surface area contributed by atoms with Crippen LogP contribution >= 0.6 is 0 Å². The predicted octanol–water partition coefficient (Wildman–Crippen LogP) is 2.46. The predicted molar refractivity (Wildman–Crippen MR) is 49.8 cm³/mol. The highest BCUT2D eigenvalue weighted by Crippen LogP contribution is 2.06. The van der Waals surface area contributed by atoms with Gasteiger partial charge in [0.2, 0.25) is 0 Å². The summed E-state index contributed by atoms with van der Waals surface area (Å²) in [5.74, 6) is -0.316. The van der Waals surface area contributed by atoms with Gasteiger partial charge in [-0.2, -0.15) is 0 Å². The molecule has 0 fully saturated rings. The third kappa shape index (κ3) is 3.96. The quantitative estimate of drug-likeness (QED) is 0.358. The lowest BCUT2D eigenvalue weighted by Crippen LogP contribution is -2.16. The molecule has 0 aliphatic heterocycles. The fourth-order valence-corrected chi connectivity index (χ4v) is 0.736. The van der Waals surface area contributed by atoms with Crippen molar-refractivity contribution in [3.05, 3.63) is 24.8 Å². The lowest BCUT2D eigenvalue weighted by molar-refractivity contribution is -0.144. The van der Waals surface area contributed by atoms with E-state index in [1.165, 1.54) is 0 Å². The normalized spacial score (nSPS) is 11.8. The second kappa shape index (κ2) is 5.58. The molecule has 2 nitrogen and oxygen atoms in total. The molecule has 0 N–H and O–H groups in total. The molecular weight excluding hydrogens is 152 g/mol. The number of ether oxygens (including phenoxy) is 1. The summed E-state index contributed by atoms with van der Waals surface area (Å²) in [6, 6.07) is 0. The number of carbonyl (C=O) groups is 1. The van der Waals surface area contributed by atoms with E-state index in [1.54, 1.807) is 13.0 Å². The Morgan fingerprint density at radius 1 is 1.67 bits per heavy atom. The van der Waals surface area contributed by atoms with Crippen LogP contribution in [0.4, 0.5) is 0 Å². The van der Waals surface area contributed by atoms with Crippen LogP contribution in [-0.2, 0) is 9.53 Å². The Labute approximate surface area is 73.9 Å². The topological polar surface area (TPSA) is 26.3 Å². The third-order valence-electron chi connectivity index (χ3n) is 1.51. The van der Waals surface area contributed by atoms with Crippen LogP contribution in [0.2, 0.25) is 0 Å². The van der Waals surface area contributed by atoms with Crippen molar-refractivity contribution < 1.29 is 9.53 Å². The molecule has 0 rings (SSSR count). The second-order valence-corrected chi connectivity index (χ2v) is 2.74. The standard InChI is InChI=1S/C10H16O2/c1-5-7-9(6-2)12-10(11)8(3)4/h5,9H,1,3,6-7H2,2,4H3/t9-/m0/s1. The maximum atomic E-state index is 11.0. The van der Waals surface area contributed by atoms with E-state index in [9.17, 15) is 4.79 Å². The summed E-state index contributed by atoms with van der Waals surface area (Å²) in [6.45, 7) is 10.7. The van der Waals surface area contributed by atoms with Crippen LogP contribution in [0.25, 0.3) is 0 Å². The van der Waals surface area contributed by atoms with Crippen molar-refractivity contribution in [3.63, 3.8) is 0 Å². The average Bonchev–Trinajstić information content (AvgIpc) is 2.03. The number of carbonyl (C=O) groups excluding carboxylic acids is 1. The van der Waals surface area contributed by atoms with Crippen molar-refractivity contribution in [2.75, 3.05) is 0 Å². The highest BCUT2D eigenvalue weighted by Gasteiger charge is 2.10. The van der Waals surface area contributed by atoms with E-state index in [0.717, 1.165) is 6.42 Å². The molecule has 0 amide bonds. The summed E-state index contributed by atoms with van der Waals surface area (Å²) in [7, 11) is 0. The maximum Gasteiger partial charge on any atom is 0.333 e. The first-order chi connectivity index (χ1) is 5.61. The van der Waals surface area contributed by atoms with Crippen LogP contribution in [-0.4, -0.2) is 12.1 Å². The van der Waals surface area contributed by atoms with Crippen molar-refractivity contribution in [3.8, 4) is 0 Å². The molecule has 0 aliphatic carbocycles. The van der Waals surface area contributed by atoms with Crippen molar-refractivity contribution in [2.24, 2.45) is 0 Å². The van der Waals surface area contributed by atoms with Gasteiger partial charge in [0.25, 0.3) is 0 Å². The van der Waals surface area contributed by atoms with Gasteiger partial charge in [0, 0.05) is 12.0 Å². The number of hydrogen-bond donors (Lipinski definition) is 0. The van der Waals surface area contributed by atoms with Crippen LogP contribution in [0, 0.1) is 0 Å². The molecule has 0 aromatic heterocycles. The summed E-state index contributed by atoms with van der Waals surface area (Å²) < 4.78 is 5.09. The van der Waals surface area contributed by atoms with Gasteiger partial charge in [-0.25, -0.2) is 4.79 Å². The second-order valence-electron chi connectivity index (χ2n) is 2.74. The van der Waals surface area contributed by atoms with Gasteiger partial charge in [-0.05, 0) is 13.3 Å². The monoisotopic (exact) mass is 168 g/mol. The lowest BCUT2D eigenvalue weighted by Gasteiger charge is -2.13. The average molecular weight is 168 g/mol. The molecule has 0 aliphatic rings. The molecule has 0 radical (unpaired) electrons. The zero-order valence-corrected chi connectivity index (χ0v) is 7.80. The summed E-state index contributed by atoms with van der Waals surface area (Å²) in [5.41, 5.74) is 0.442. The summed E-state index contributed by atoms with van der Waals surface area (Å²) in [4.78, 5) is 11.0. The van der Waals surface area contributed by atoms with Crippen molar-refractivity contribution >= 4 is 5.97 Å².